The Balaban J connectivity index is 3.03. The summed E-state index contributed by atoms with van der Waals surface area (Å²) in [6, 6.07) is 6.01. The second-order valence-electron chi connectivity index (χ2n) is 2.68. The number of nitrogens with two attached hydrogens (primary N) is 1. The SMILES string of the molecule is COc1ccc([C@@H](C)N)c(I)c1. The summed E-state index contributed by atoms with van der Waals surface area (Å²) in [5.41, 5.74) is 6.92. The Morgan fingerprint density at radius 1 is 1.50 bits per heavy atom. The molecule has 66 valence electrons. The van der Waals surface area contributed by atoms with E-state index in [2.05, 4.69) is 22.6 Å². The van der Waals surface area contributed by atoms with E-state index in [0.717, 1.165) is 14.9 Å². The molecular weight excluding hydrogens is 265 g/mol. The van der Waals surface area contributed by atoms with Crippen LogP contribution in [0.1, 0.15) is 18.5 Å². The Bertz CT molecular complexity index is 273. The lowest BCUT2D eigenvalue weighted by Crippen LogP contribution is -2.06. The minimum Gasteiger partial charge on any atom is -0.497 e. The van der Waals surface area contributed by atoms with Crippen molar-refractivity contribution in [3.05, 3.63) is 27.3 Å². The van der Waals surface area contributed by atoms with Gasteiger partial charge in [0.25, 0.3) is 0 Å². The van der Waals surface area contributed by atoms with Crippen LogP contribution in [-0.2, 0) is 0 Å². The minimum atomic E-state index is 0.0859. The molecule has 0 fully saturated rings. The predicted octanol–water partition coefficient (Wildman–Crippen LogP) is 2.32. The summed E-state index contributed by atoms with van der Waals surface area (Å²) < 4.78 is 6.24. The molecule has 0 amide bonds. The lowest BCUT2D eigenvalue weighted by atomic mass is 10.1. The third-order valence-corrected chi connectivity index (χ3v) is 2.63. The lowest BCUT2D eigenvalue weighted by molar-refractivity contribution is 0.414. The molecule has 1 atom stereocenters. The average molecular weight is 277 g/mol. The Kier molecular flexibility index (Phi) is 3.34. The molecule has 2 N–H and O–H groups in total. The number of ether oxygens (including phenoxy) is 1. The van der Waals surface area contributed by atoms with Gasteiger partial charge in [-0.2, -0.15) is 0 Å². The maximum absolute atomic E-state index is 5.76. The summed E-state index contributed by atoms with van der Waals surface area (Å²) in [7, 11) is 1.66. The maximum atomic E-state index is 5.76. The molecule has 0 spiro atoms. The van der Waals surface area contributed by atoms with E-state index >= 15 is 0 Å². The molecular formula is C9H12INO. The molecule has 0 aliphatic rings. The number of halogens is 1. The van der Waals surface area contributed by atoms with Gasteiger partial charge in [-0.1, -0.05) is 6.07 Å². The zero-order valence-electron chi connectivity index (χ0n) is 7.17. The molecule has 1 aromatic rings. The van der Waals surface area contributed by atoms with Gasteiger partial charge in [0, 0.05) is 9.61 Å². The molecule has 1 aromatic carbocycles. The maximum Gasteiger partial charge on any atom is 0.119 e. The molecule has 0 unspecified atom stereocenters. The summed E-state index contributed by atoms with van der Waals surface area (Å²) in [6.07, 6.45) is 0. The fourth-order valence-corrected chi connectivity index (χ4v) is 1.98. The van der Waals surface area contributed by atoms with Crippen molar-refractivity contribution in [3.8, 4) is 5.75 Å². The van der Waals surface area contributed by atoms with E-state index < -0.39 is 0 Å². The van der Waals surface area contributed by atoms with Gasteiger partial charge >= 0.3 is 0 Å². The van der Waals surface area contributed by atoms with Crippen molar-refractivity contribution in [2.45, 2.75) is 13.0 Å². The smallest absolute Gasteiger partial charge is 0.119 e. The van der Waals surface area contributed by atoms with Gasteiger partial charge in [0.05, 0.1) is 7.11 Å². The van der Waals surface area contributed by atoms with Gasteiger partial charge < -0.3 is 10.5 Å². The van der Waals surface area contributed by atoms with Crippen LogP contribution in [0.3, 0.4) is 0 Å². The number of rotatable bonds is 2. The van der Waals surface area contributed by atoms with E-state index in [0.29, 0.717) is 0 Å². The van der Waals surface area contributed by atoms with E-state index in [4.69, 9.17) is 10.5 Å². The van der Waals surface area contributed by atoms with Crippen LogP contribution in [0.25, 0.3) is 0 Å². The normalized spacial score (nSPS) is 12.7. The Hall–Kier alpha value is -0.290. The highest BCUT2D eigenvalue weighted by molar-refractivity contribution is 14.1. The molecule has 0 saturated heterocycles. The molecule has 0 heterocycles. The molecule has 0 saturated carbocycles. The van der Waals surface area contributed by atoms with Crippen molar-refractivity contribution < 1.29 is 4.74 Å². The van der Waals surface area contributed by atoms with E-state index in [1.807, 2.05) is 25.1 Å². The highest BCUT2D eigenvalue weighted by atomic mass is 127. The number of hydrogen-bond donors (Lipinski definition) is 1. The van der Waals surface area contributed by atoms with Crippen LogP contribution < -0.4 is 10.5 Å². The lowest BCUT2D eigenvalue weighted by Gasteiger charge is -2.09. The third-order valence-electron chi connectivity index (χ3n) is 1.70. The first-order chi connectivity index (χ1) is 5.65. The highest BCUT2D eigenvalue weighted by Crippen LogP contribution is 2.22. The topological polar surface area (TPSA) is 35.2 Å². The summed E-state index contributed by atoms with van der Waals surface area (Å²) in [6.45, 7) is 1.98. The first-order valence-electron chi connectivity index (χ1n) is 3.74. The van der Waals surface area contributed by atoms with Gasteiger partial charge in [-0.3, -0.25) is 0 Å². The van der Waals surface area contributed by atoms with E-state index in [9.17, 15) is 0 Å². The average Bonchev–Trinajstić information content (AvgIpc) is 2.03. The second kappa shape index (κ2) is 4.09. The molecule has 0 aliphatic heterocycles. The fraction of sp³-hybridized carbons (Fsp3) is 0.333. The van der Waals surface area contributed by atoms with E-state index in [-0.39, 0.29) is 6.04 Å². The van der Waals surface area contributed by atoms with Crippen molar-refractivity contribution in [3.63, 3.8) is 0 Å². The molecule has 0 bridgehead atoms. The fourth-order valence-electron chi connectivity index (χ4n) is 1.00. The first-order valence-corrected chi connectivity index (χ1v) is 4.82. The summed E-state index contributed by atoms with van der Waals surface area (Å²) >= 11 is 2.26. The van der Waals surface area contributed by atoms with Gasteiger partial charge in [-0.05, 0) is 47.2 Å². The highest BCUT2D eigenvalue weighted by Gasteiger charge is 2.04. The van der Waals surface area contributed by atoms with Crippen molar-refractivity contribution >= 4 is 22.6 Å². The van der Waals surface area contributed by atoms with Crippen LogP contribution in [0.2, 0.25) is 0 Å². The summed E-state index contributed by atoms with van der Waals surface area (Å²) in [5.74, 6) is 0.879. The van der Waals surface area contributed by atoms with Crippen LogP contribution in [0.4, 0.5) is 0 Å². The standard InChI is InChI=1S/C9H12INO/c1-6(11)8-4-3-7(12-2)5-9(8)10/h3-6H,11H2,1-2H3/t6-/m1/s1. The Labute approximate surface area is 86.2 Å². The van der Waals surface area contributed by atoms with Gasteiger partial charge in [0.15, 0.2) is 0 Å². The molecule has 2 nitrogen and oxygen atoms in total. The summed E-state index contributed by atoms with van der Waals surface area (Å²) in [4.78, 5) is 0. The van der Waals surface area contributed by atoms with Crippen LogP contribution in [0.5, 0.6) is 5.75 Å². The zero-order chi connectivity index (χ0) is 9.14. The number of benzene rings is 1. The molecule has 0 aromatic heterocycles. The van der Waals surface area contributed by atoms with Gasteiger partial charge in [0.1, 0.15) is 5.75 Å². The second-order valence-corrected chi connectivity index (χ2v) is 3.84. The van der Waals surface area contributed by atoms with Crippen molar-refractivity contribution in [2.24, 2.45) is 5.73 Å². The Morgan fingerprint density at radius 2 is 2.17 bits per heavy atom. The molecule has 0 aliphatic carbocycles. The zero-order valence-corrected chi connectivity index (χ0v) is 9.33. The minimum absolute atomic E-state index is 0.0859. The molecule has 12 heavy (non-hydrogen) atoms. The van der Waals surface area contributed by atoms with Crippen molar-refractivity contribution in [1.82, 2.24) is 0 Å². The molecule has 1 rings (SSSR count). The third kappa shape index (κ3) is 2.10. The summed E-state index contributed by atoms with van der Waals surface area (Å²) in [5, 5.41) is 0. The van der Waals surface area contributed by atoms with Gasteiger partial charge in [-0.25, -0.2) is 0 Å². The van der Waals surface area contributed by atoms with Crippen molar-refractivity contribution in [2.75, 3.05) is 7.11 Å². The quantitative estimate of drug-likeness (QED) is 0.842. The first kappa shape index (κ1) is 9.80. The van der Waals surface area contributed by atoms with Crippen LogP contribution in [-0.4, -0.2) is 7.11 Å². The largest absolute Gasteiger partial charge is 0.497 e. The molecule has 3 heteroatoms. The van der Waals surface area contributed by atoms with Crippen molar-refractivity contribution in [1.29, 1.82) is 0 Å². The van der Waals surface area contributed by atoms with E-state index in [1.54, 1.807) is 7.11 Å². The van der Waals surface area contributed by atoms with Crippen LogP contribution in [0.15, 0.2) is 18.2 Å². The van der Waals surface area contributed by atoms with Gasteiger partial charge in [0.2, 0.25) is 0 Å². The van der Waals surface area contributed by atoms with E-state index in [1.165, 1.54) is 0 Å². The number of hydrogen-bond acceptors (Lipinski definition) is 2. The van der Waals surface area contributed by atoms with Crippen LogP contribution >= 0.6 is 22.6 Å². The van der Waals surface area contributed by atoms with Gasteiger partial charge in [-0.15, -0.1) is 0 Å². The predicted molar refractivity (Wildman–Crippen MR) is 58.3 cm³/mol. The Morgan fingerprint density at radius 3 is 2.58 bits per heavy atom. The number of methoxy groups -OCH3 is 1. The molecule has 0 radical (unpaired) electrons. The monoisotopic (exact) mass is 277 g/mol. The van der Waals surface area contributed by atoms with Crippen LogP contribution in [0, 0.1) is 3.57 Å².